The Morgan fingerprint density at radius 2 is 2.18 bits per heavy atom. The second-order valence-electron chi connectivity index (χ2n) is 4.72. The molecule has 0 radical (unpaired) electrons. The Labute approximate surface area is 109 Å². The van der Waals surface area contributed by atoms with Gasteiger partial charge < -0.3 is 5.32 Å². The first-order valence-electron chi connectivity index (χ1n) is 6.32. The molecular weight excluding hydrogens is 228 g/mol. The van der Waals surface area contributed by atoms with Gasteiger partial charge in [0, 0.05) is 37.5 Å². The number of rotatable bonds is 4. The maximum absolute atomic E-state index is 3.62. The van der Waals surface area contributed by atoms with Crippen LogP contribution in [0.5, 0.6) is 0 Å². The molecule has 1 N–H and O–H groups in total. The lowest BCUT2D eigenvalue weighted by molar-refractivity contribution is 0.192. The van der Waals surface area contributed by atoms with Crippen LogP contribution in [-0.2, 0) is 6.54 Å². The summed E-state index contributed by atoms with van der Waals surface area (Å²) in [7, 11) is 0. The molecule has 3 heteroatoms. The summed E-state index contributed by atoms with van der Waals surface area (Å²) in [5.74, 6) is 0. The second-order valence-corrected chi connectivity index (χ2v) is 5.94. The third-order valence-corrected chi connectivity index (χ3v) is 4.55. The maximum atomic E-state index is 3.62. The van der Waals surface area contributed by atoms with Gasteiger partial charge in [0.2, 0.25) is 0 Å². The number of hydrogen-bond donors (Lipinski definition) is 1. The highest BCUT2D eigenvalue weighted by molar-refractivity contribution is 7.99. The van der Waals surface area contributed by atoms with E-state index in [-0.39, 0.29) is 0 Å². The molecular formula is C14H22N2S. The summed E-state index contributed by atoms with van der Waals surface area (Å²) in [5, 5.41) is 4.31. The highest BCUT2D eigenvalue weighted by atomic mass is 32.2. The molecule has 2 unspecified atom stereocenters. The molecule has 1 heterocycles. The summed E-state index contributed by atoms with van der Waals surface area (Å²) in [6.45, 7) is 6.83. The van der Waals surface area contributed by atoms with E-state index >= 15 is 0 Å². The van der Waals surface area contributed by atoms with Gasteiger partial charge in [0.25, 0.3) is 0 Å². The minimum absolute atomic E-state index is 0.627. The van der Waals surface area contributed by atoms with Crippen LogP contribution in [0, 0.1) is 0 Å². The molecule has 0 amide bonds. The maximum Gasteiger partial charge on any atom is 0.0311 e. The molecule has 1 aliphatic rings. The molecule has 1 aromatic rings. The fourth-order valence-corrected chi connectivity index (χ4v) is 2.82. The summed E-state index contributed by atoms with van der Waals surface area (Å²) in [6.07, 6.45) is 2.20. The van der Waals surface area contributed by atoms with Crippen molar-refractivity contribution in [2.75, 3.05) is 25.9 Å². The number of nitrogens with one attached hydrogen (secondary N) is 1. The van der Waals surface area contributed by atoms with E-state index in [1.54, 1.807) is 0 Å². The molecule has 17 heavy (non-hydrogen) atoms. The van der Waals surface area contributed by atoms with Crippen molar-refractivity contribution in [2.24, 2.45) is 0 Å². The lowest BCUT2D eigenvalue weighted by Gasteiger charge is -2.36. The average Bonchev–Trinajstić information content (AvgIpc) is 2.39. The van der Waals surface area contributed by atoms with Crippen molar-refractivity contribution < 1.29 is 0 Å². The van der Waals surface area contributed by atoms with E-state index in [0.717, 1.165) is 26.2 Å². The van der Waals surface area contributed by atoms with Gasteiger partial charge in [-0.2, -0.15) is 11.8 Å². The zero-order chi connectivity index (χ0) is 12.1. The van der Waals surface area contributed by atoms with Crippen LogP contribution in [0.15, 0.2) is 30.3 Å². The van der Waals surface area contributed by atoms with E-state index in [9.17, 15) is 0 Å². The third-order valence-electron chi connectivity index (χ3n) is 3.48. The van der Waals surface area contributed by atoms with Gasteiger partial charge in [-0.15, -0.1) is 0 Å². The topological polar surface area (TPSA) is 15.3 Å². The van der Waals surface area contributed by atoms with Crippen LogP contribution in [0.25, 0.3) is 0 Å². The van der Waals surface area contributed by atoms with Gasteiger partial charge >= 0.3 is 0 Å². The molecule has 0 spiro atoms. The molecule has 1 aromatic carbocycles. The molecule has 2 rings (SSSR count). The summed E-state index contributed by atoms with van der Waals surface area (Å²) in [5.41, 5.74) is 1.42. The molecule has 2 atom stereocenters. The van der Waals surface area contributed by atoms with Crippen LogP contribution in [0.2, 0.25) is 0 Å². The third kappa shape index (κ3) is 3.73. The standard InChI is InChI=1S/C14H22N2S/c1-12(17-2)14-11-16(9-8-15-14)10-13-6-4-3-5-7-13/h3-7,12,14-15H,8-11H2,1-2H3. The number of benzene rings is 1. The minimum Gasteiger partial charge on any atom is -0.310 e. The van der Waals surface area contributed by atoms with Crippen molar-refractivity contribution in [2.45, 2.75) is 24.8 Å². The van der Waals surface area contributed by atoms with Crippen molar-refractivity contribution in [3.8, 4) is 0 Å². The van der Waals surface area contributed by atoms with Crippen LogP contribution in [-0.4, -0.2) is 42.1 Å². The van der Waals surface area contributed by atoms with Crippen molar-refractivity contribution in [1.82, 2.24) is 10.2 Å². The molecule has 1 saturated heterocycles. The van der Waals surface area contributed by atoms with Gasteiger partial charge in [-0.3, -0.25) is 4.90 Å². The number of thioether (sulfide) groups is 1. The summed E-state index contributed by atoms with van der Waals surface area (Å²) < 4.78 is 0. The smallest absolute Gasteiger partial charge is 0.0311 e. The SMILES string of the molecule is CSC(C)C1CN(Cc2ccccc2)CCN1. The van der Waals surface area contributed by atoms with E-state index < -0.39 is 0 Å². The fraction of sp³-hybridized carbons (Fsp3) is 0.571. The highest BCUT2D eigenvalue weighted by Gasteiger charge is 2.23. The molecule has 1 aliphatic heterocycles. The number of piperazine rings is 1. The quantitative estimate of drug-likeness (QED) is 0.882. The van der Waals surface area contributed by atoms with Crippen molar-refractivity contribution >= 4 is 11.8 Å². The molecule has 0 bridgehead atoms. The normalized spacial score (nSPS) is 23.5. The molecule has 94 valence electrons. The number of hydrogen-bond acceptors (Lipinski definition) is 3. The number of nitrogens with zero attached hydrogens (tertiary/aromatic N) is 1. The predicted molar refractivity (Wildman–Crippen MR) is 76.5 cm³/mol. The zero-order valence-electron chi connectivity index (χ0n) is 10.7. The first kappa shape index (κ1) is 12.9. The van der Waals surface area contributed by atoms with Gasteiger partial charge in [-0.25, -0.2) is 0 Å². The van der Waals surface area contributed by atoms with Gasteiger partial charge in [0.1, 0.15) is 0 Å². The average molecular weight is 250 g/mol. The summed E-state index contributed by atoms with van der Waals surface area (Å²) >= 11 is 1.95. The first-order valence-corrected chi connectivity index (χ1v) is 7.61. The van der Waals surface area contributed by atoms with Crippen molar-refractivity contribution in [3.05, 3.63) is 35.9 Å². The Kier molecular flexibility index (Phi) is 4.89. The Morgan fingerprint density at radius 3 is 2.88 bits per heavy atom. The van der Waals surface area contributed by atoms with E-state index in [1.807, 2.05) is 11.8 Å². The van der Waals surface area contributed by atoms with Crippen molar-refractivity contribution in [3.63, 3.8) is 0 Å². The highest BCUT2D eigenvalue weighted by Crippen LogP contribution is 2.15. The van der Waals surface area contributed by atoms with Gasteiger partial charge in [-0.05, 0) is 11.8 Å². The van der Waals surface area contributed by atoms with Crippen LogP contribution in [0.4, 0.5) is 0 Å². The van der Waals surface area contributed by atoms with Crippen LogP contribution in [0.1, 0.15) is 12.5 Å². The lowest BCUT2D eigenvalue weighted by atomic mass is 10.1. The molecule has 1 fully saturated rings. The zero-order valence-corrected chi connectivity index (χ0v) is 11.5. The predicted octanol–water partition coefficient (Wildman–Crippen LogP) is 2.21. The van der Waals surface area contributed by atoms with Gasteiger partial charge in [-0.1, -0.05) is 37.3 Å². The largest absolute Gasteiger partial charge is 0.310 e. The van der Waals surface area contributed by atoms with Gasteiger partial charge in [0.15, 0.2) is 0 Å². The van der Waals surface area contributed by atoms with E-state index in [2.05, 4.69) is 53.7 Å². The molecule has 0 aliphatic carbocycles. The fourth-order valence-electron chi connectivity index (χ4n) is 2.31. The van der Waals surface area contributed by atoms with Crippen LogP contribution in [0.3, 0.4) is 0 Å². The molecule has 0 saturated carbocycles. The Bertz CT molecular complexity index is 328. The lowest BCUT2D eigenvalue weighted by Crippen LogP contribution is -2.53. The van der Waals surface area contributed by atoms with E-state index in [4.69, 9.17) is 0 Å². The van der Waals surface area contributed by atoms with Crippen LogP contribution < -0.4 is 5.32 Å². The summed E-state index contributed by atoms with van der Waals surface area (Å²) in [6, 6.07) is 11.4. The monoisotopic (exact) mass is 250 g/mol. The van der Waals surface area contributed by atoms with E-state index in [0.29, 0.717) is 11.3 Å². The molecule has 0 aromatic heterocycles. The second kappa shape index (κ2) is 6.43. The first-order chi connectivity index (χ1) is 8.29. The summed E-state index contributed by atoms with van der Waals surface area (Å²) in [4.78, 5) is 2.56. The Morgan fingerprint density at radius 1 is 1.41 bits per heavy atom. The van der Waals surface area contributed by atoms with Gasteiger partial charge in [0.05, 0.1) is 0 Å². The van der Waals surface area contributed by atoms with Crippen LogP contribution >= 0.6 is 11.8 Å². The molecule has 2 nitrogen and oxygen atoms in total. The Hall–Kier alpha value is -0.510. The Balaban J connectivity index is 1.89. The minimum atomic E-state index is 0.627. The van der Waals surface area contributed by atoms with Crippen molar-refractivity contribution in [1.29, 1.82) is 0 Å². The van der Waals surface area contributed by atoms with E-state index in [1.165, 1.54) is 5.56 Å².